The zero-order valence-electron chi connectivity index (χ0n) is 14.6. The number of carbonyl (C=O) groups excluding carboxylic acids is 1. The lowest BCUT2D eigenvalue weighted by Crippen LogP contribution is -2.43. The molecule has 1 saturated heterocycles. The molecule has 1 amide bonds. The number of pyridine rings is 1. The molecule has 2 heterocycles. The fourth-order valence-corrected chi connectivity index (χ4v) is 3.21. The maximum Gasteiger partial charge on any atom is 0.250 e. The molecule has 1 atom stereocenters. The summed E-state index contributed by atoms with van der Waals surface area (Å²) in [4.78, 5) is 26.8. The van der Waals surface area contributed by atoms with Gasteiger partial charge in [-0.05, 0) is 36.5 Å². The summed E-state index contributed by atoms with van der Waals surface area (Å²) in [5.41, 5.74) is 1.80. The molecule has 0 spiro atoms. The van der Waals surface area contributed by atoms with Crippen LogP contribution >= 0.6 is 0 Å². The van der Waals surface area contributed by atoms with Crippen molar-refractivity contribution >= 4 is 5.91 Å². The fraction of sp³-hybridized carbons (Fsp3) is 0.400. The molecule has 1 aliphatic heterocycles. The van der Waals surface area contributed by atoms with Gasteiger partial charge in [0.15, 0.2) is 0 Å². The van der Waals surface area contributed by atoms with Crippen LogP contribution in [0.1, 0.15) is 36.4 Å². The Balaban J connectivity index is 1.77. The van der Waals surface area contributed by atoms with Gasteiger partial charge in [0.05, 0.1) is 0 Å². The lowest BCUT2D eigenvalue weighted by atomic mass is 10.0. The number of nitrogens with one attached hydrogen (secondary N) is 1. The molecule has 1 fully saturated rings. The number of aryl methyl sites for hydroxylation is 1. The zero-order chi connectivity index (χ0) is 17.6. The first-order chi connectivity index (χ1) is 12.1. The van der Waals surface area contributed by atoms with E-state index in [2.05, 4.69) is 5.32 Å². The summed E-state index contributed by atoms with van der Waals surface area (Å²) >= 11 is 0. The normalized spacial score (nSPS) is 15.8. The number of rotatable bonds is 5. The number of likely N-dealkylation sites (tertiary alicyclic amines) is 1. The summed E-state index contributed by atoms with van der Waals surface area (Å²) in [5.74, 6) is 0.120. The first kappa shape index (κ1) is 17.4. The van der Waals surface area contributed by atoms with E-state index >= 15 is 0 Å². The summed E-state index contributed by atoms with van der Waals surface area (Å²) in [6.45, 7) is 2.14. The average Bonchev–Trinajstić information content (AvgIpc) is 2.66. The zero-order valence-corrected chi connectivity index (χ0v) is 14.6. The maximum absolute atomic E-state index is 13.0. The number of carbonyl (C=O) groups is 1. The minimum absolute atomic E-state index is 0.0436. The Morgan fingerprint density at radius 3 is 2.52 bits per heavy atom. The van der Waals surface area contributed by atoms with E-state index in [1.807, 2.05) is 41.3 Å². The van der Waals surface area contributed by atoms with Gasteiger partial charge in [-0.3, -0.25) is 14.9 Å². The van der Waals surface area contributed by atoms with E-state index in [-0.39, 0.29) is 17.5 Å². The van der Waals surface area contributed by atoms with Gasteiger partial charge in [0.25, 0.3) is 5.56 Å². The summed E-state index contributed by atoms with van der Waals surface area (Å²) in [6, 6.07) is 12.9. The van der Waals surface area contributed by atoms with Crippen LogP contribution in [-0.2, 0) is 18.4 Å². The predicted octanol–water partition coefficient (Wildman–Crippen LogP) is 2.23. The van der Waals surface area contributed by atoms with Crippen molar-refractivity contribution in [1.82, 2.24) is 14.8 Å². The molecule has 5 heteroatoms. The molecular weight excluding hydrogens is 314 g/mol. The first-order valence-electron chi connectivity index (χ1n) is 8.88. The van der Waals surface area contributed by atoms with Gasteiger partial charge < -0.3 is 9.47 Å². The molecule has 132 valence electrons. The second-order valence-corrected chi connectivity index (χ2v) is 6.59. The lowest BCUT2D eigenvalue weighted by molar-refractivity contribution is -0.134. The molecule has 2 aromatic rings. The summed E-state index contributed by atoms with van der Waals surface area (Å²) in [5, 5.41) is 3.36. The van der Waals surface area contributed by atoms with E-state index in [1.165, 1.54) is 11.0 Å². The van der Waals surface area contributed by atoms with Crippen LogP contribution in [0.5, 0.6) is 0 Å². The summed E-state index contributed by atoms with van der Waals surface area (Å²) in [7, 11) is 1.73. The predicted molar refractivity (Wildman–Crippen MR) is 98.1 cm³/mol. The minimum Gasteiger partial charge on any atom is -0.341 e. The van der Waals surface area contributed by atoms with Crippen LogP contribution in [-0.4, -0.2) is 28.5 Å². The standard InChI is InChI=1S/C20H25N3O2/c1-22-13-10-16(14-18(22)24)15-21-19(17-8-4-2-5-9-17)20(25)23-11-6-3-7-12-23/h2,4-5,8-10,13-14,19,21H,3,6-7,11-12,15H2,1H3. The van der Waals surface area contributed by atoms with Crippen LogP contribution in [0.25, 0.3) is 0 Å². The first-order valence-corrected chi connectivity index (χ1v) is 8.88. The minimum atomic E-state index is -0.386. The van der Waals surface area contributed by atoms with Gasteiger partial charge in [-0.2, -0.15) is 0 Å². The Kier molecular flexibility index (Phi) is 5.66. The smallest absolute Gasteiger partial charge is 0.250 e. The average molecular weight is 339 g/mol. The third kappa shape index (κ3) is 4.37. The Morgan fingerprint density at radius 1 is 1.12 bits per heavy atom. The van der Waals surface area contributed by atoms with Crippen LogP contribution < -0.4 is 10.9 Å². The molecule has 0 bridgehead atoms. The molecule has 25 heavy (non-hydrogen) atoms. The quantitative estimate of drug-likeness (QED) is 0.909. The highest BCUT2D eigenvalue weighted by Crippen LogP contribution is 2.19. The maximum atomic E-state index is 13.0. The topological polar surface area (TPSA) is 54.3 Å². The Hall–Kier alpha value is -2.40. The third-order valence-electron chi connectivity index (χ3n) is 4.73. The molecule has 0 aliphatic carbocycles. The van der Waals surface area contributed by atoms with Gasteiger partial charge in [-0.25, -0.2) is 0 Å². The Morgan fingerprint density at radius 2 is 1.84 bits per heavy atom. The molecule has 1 aromatic carbocycles. The van der Waals surface area contributed by atoms with E-state index in [4.69, 9.17) is 0 Å². The van der Waals surface area contributed by atoms with Crippen LogP contribution in [0.15, 0.2) is 53.5 Å². The number of amides is 1. The van der Waals surface area contributed by atoms with Crippen molar-refractivity contribution in [2.75, 3.05) is 13.1 Å². The molecule has 5 nitrogen and oxygen atoms in total. The lowest BCUT2D eigenvalue weighted by Gasteiger charge is -2.31. The molecular formula is C20H25N3O2. The third-order valence-corrected chi connectivity index (χ3v) is 4.73. The van der Waals surface area contributed by atoms with E-state index in [0.29, 0.717) is 6.54 Å². The molecule has 1 N–H and O–H groups in total. The fourth-order valence-electron chi connectivity index (χ4n) is 3.21. The van der Waals surface area contributed by atoms with E-state index in [1.54, 1.807) is 19.3 Å². The number of nitrogens with zero attached hydrogens (tertiary/aromatic N) is 2. The van der Waals surface area contributed by atoms with Crippen LogP contribution in [0.2, 0.25) is 0 Å². The molecule has 1 aromatic heterocycles. The van der Waals surface area contributed by atoms with Crippen molar-refractivity contribution in [3.05, 3.63) is 70.1 Å². The van der Waals surface area contributed by atoms with Crippen LogP contribution in [0, 0.1) is 0 Å². The van der Waals surface area contributed by atoms with Gasteiger partial charge in [-0.15, -0.1) is 0 Å². The molecule has 0 radical (unpaired) electrons. The highest BCUT2D eigenvalue weighted by molar-refractivity contribution is 5.83. The number of benzene rings is 1. The highest BCUT2D eigenvalue weighted by atomic mass is 16.2. The van der Waals surface area contributed by atoms with E-state index in [0.717, 1.165) is 37.1 Å². The second-order valence-electron chi connectivity index (χ2n) is 6.59. The second kappa shape index (κ2) is 8.12. The van der Waals surface area contributed by atoms with Gasteiger partial charge >= 0.3 is 0 Å². The van der Waals surface area contributed by atoms with Crippen molar-refractivity contribution in [2.45, 2.75) is 31.8 Å². The van der Waals surface area contributed by atoms with Crippen molar-refractivity contribution in [3.63, 3.8) is 0 Å². The van der Waals surface area contributed by atoms with Crippen molar-refractivity contribution in [2.24, 2.45) is 7.05 Å². The van der Waals surface area contributed by atoms with Crippen LogP contribution in [0.4, 0.5) is 0 Å². The van der Waals surface area contributed by atoms with Gasteiger partial charge in [0.1, 0.15) is 6.04 Å². The largest absolute Gasteiger partial charge is 0.341 e. The number of aromatic nitrogens is 1. The monoisotopic (exact) mass is 339 g/mol. The number of piperidine rings is 1. The van der Waals surface area contributed by atoms with Gasteiger partial charge in [0, 0.05) is 38.9 Å². The van der Waals surface area contributed by atoms with E-state index in [9.17, 15) is 9.59 Å². The van der Waals surface area contributed by atoms with Crippen molar-refractivity contribution in [1.29, 1.82) is 0 Å². The summed E-state index contributed by atoms with van der Waals surface area (Å²) < 4.78 is 1.54. The van der Waals surface area contributed by atoms with E-state index < -0.39 is 0 Å². The molecule has 1 aliphatic rings. The Labute approximate surface area is 148 Å². The summed E-state index contributed by atoms with van der Waals surface area (Å²) in [6.07, 6.45) is 5.09. The number of hydrogen-bond donors (Lipinski definition) is 1. The van der Waals surface area contributed by atoms with Gasteiger partial charge in [0.2, 0.25) is 5.91 Å². The SMILES string of the molecule is Cn1ccc(CNC(C(=O)N2CCCCC2)c2ccccc2)cc1=O. The van der Waals surface area contributed by atoms with Crippen LogP contribution in [0.3, 0.4) is 0 Å². The highest BCUT2D eigenvalue weighted by Gasteiger charge is 2.26. The van der Waals surface area contributed by atoms with Gasteiger partial charge in [-0.1, -0.05) is 30.3 Å². The number of hydrogen-bond acceptors (Lipinski definition) is 3. The molecule has 1 unspecified atom stereocenters. The van der Waals surface area contributed by atoms with Crippen molar-refractivity contribution in [3.8, 4) is 0 Å². The molecule has 3 rings (SSSR count). The van der Waals surface area contributed by atoms with Crippen molar-refractivity contribution < 1.29 is 4.79 Å². The Bertz CT molecular complexity index is 764. The molecule has 0 saturated carbocycles.